The summed E-state index contributed by atoms with van der Waals surface area (Å²) in [6.45, 7) is 20.3. The number of β-lactam (4-membered cyclic amide) rings is 1. The fourth-order valence-electron chi connectivity index (χ4n) is 4.16. The number of amides is 1. The van der Waals surface area contributed by atoms with Gasteiger partial charge in [0.1, 0.15) is 12.3 Å². The summed E-state index contributed by atoms with van der Waals surface area (Å²) in [5.41, 5.74) is 0.807. The Labute approximate surface area is 176 Å². The largest absolute Gasteiger partial charge is 0.457 e. The van der Waals surface area contributed by atoms with Gasteiger partial charge in [0.15, 0.2) is 8.32 Å². The van der Waals surface area contributed by atoms with E-state index in [1.54, 1.807) is 0 Å². The lowest BCUT2D eigenvalue weighted by molar-refractivity contribution is -0.163. The summed E-state index contributed by atoms with van der Waals surface area (Å²) < 4.78 is 11.7. The summed E-state index contributed by atoms with van der Waals surface area (Å²) in [7, 11) is -2.05. The molecule has 0 aromatic rings. The highest BCUT2D eigenvalue weighted by Crippen LogP contribution is 2.50. The molecular weight excluding hydrogens is 386 g/mol. The number of aliphatic hydroxyl groups is 1. The Morgan fingerprint density at radius 1 is 1.38 bits per heavy atom. The van der Waals surface area contributed by atoms with Crippen molar-refractivity contribution >= 4 is 20.2 Å². The second kappa shape index (κ2) is 8.36. The molecule has 0 radical (unpaired) electrons. The van der Waals surface area contributed by atoms with E-state index in [9.17, 15) is 14.7 Å². The fraction of sp³-hybridized carbons (Fsp3) is 0.727. The van der Waals surface area contributed by atoms with Crippen molar-refractivity contribution in [1.29, 1.82) is 0 Å². The molecule has 1 saturated heterocycles. The molecule has 0 saturated carbocycles. The van der Waals surface area contributed by atoms with Crippen molar-refractivity contribution in [3.63, 3.8) is 0 Å². The zero-order valence-electron chi connectivity index (χ0n) is 19.1. The Morgan fingerprint density at radius 3 is 2.45 bits per heavy atom. The van der Waals surface area contributed by atoms with Gasteiger partial charge in [0.25, 0.3) is 0 Å². The van der Waals surface area contributed by atoms with Crippen molar-refractivity contribution in [3.05, 3.63) is 23.9 Å². The standard InChI is InChI=1S/C22H37NO5Si/c1-10-12-27-21(26)19-16(15(24)11-2)13(3)18-17(20(25)23(18)19)14(4)28-29(8,9)22(5,6)7/h10,13-15,17-18,24H,1,11-12H2,2-9H3/t13-,14+,15+,17+,18?/m0/s1. The first kappa shape index (κ1) is 23.8. The van der Waals surface area contributed by atoms with Crippen LogP contribution in [0.25, 0.3) is 0 Å². The number of hydrogen-bond donors (Lipinski definition) is 1. The highest BCUT2D eigenvalue weighted by Gasteiger charge is 2.61. The van der Waals surface area contributed by atoms with Crippen LogP contribution in [0.4, 0.5) is 0 Å². The van der Waals surface area contributed by atoms with E-state index in [-0.39, 0.29) is 47.2 Å². The number of carbonyl (C=O) groups is 2. The fourth-order valence-corrected chi connectivity index (χ4v) is 5.59. The van der Waals surface area contributed by atoms with Crippen LogP contribution in [0.2, 0.25) is 18.1 Å². The first-order valence-electron chi connectivity index (χ1n) is 10.5. The molecule has 0 bridgehead atoms. The molecule has 2 aliphatic heterocycles. The van der Waals surface area contributed by atoms with Gasteiger partial charge >= 0.3 is 5.97 Å². The Hall–Kier alpha value is -1.44. The van der Waals surface area contributed by atoms with Gasteiger partial charge in [-0.25, -0.2) is 4.79 Å². The third-order valence-corrected chi connectivity index (χ3v) is 11.3. The van der Waals surface area contributed by atoms with Crippen LogP contribution in [0.15, 0.2) is 23.9 Å². The van der Waals surface area contributed by atoms with E-state index in [4.69, 9.17) is 9.16 Å². The number of ether oxygens (including phenoxy) is 1. The summed E-state index contributed by atoms with van der Waals surface area (Å²) >= 11 is 0. The van der Waals surface area contributed by atoms with Gasteiger partial charge in [-0.15, -0.1) is 0 Å². The molecule has 7 heteroatoms. The first-order valence-corrected chi connectivity index (χ1v) is 13.4. The Balaban J connectivity index is 2.32. The third-order valence-electron chi connectivity index (χ3n) is 6.77. The highest BCUT2D eigenvalue weighted by molar-refractivity contribution is 6.74. The third kappa shape index (κ3) is 4.09. The molecule has 2 aliphatic rings. The average molecular weight is 424 g/mol. The van der Waals surface area contributed by atoms with Gasteiger partial charge in [-0.2, -0.15) is 0 Å². The minimum absolute atomic E-state index is 0.0382. The van der Waals surface area contributed by atoms with Crippen molar-refractivity contribution in [2.45, 2.75) is 84.3 Å². The molecule has 5 atom stereocenters. The quantitative estimate of drug-likeness (QED) is 0.279. The first-order chi connectivity index (χ1) is 13.3. The van der Waals surface area contributed by atoms with Crippen LogP contribution in [0.5, 0.6) is 0 Å². The topological polar surface area (TPSA) is 76.1 Å². The number of carbonyl (C=O) groups excluding carboxylic acids is 2. The second-order valence-electron chi connectivity index (χ2n) is 9.71. The predicted molar refractivity (Wildman–Crippen MR) is 116 cm³/mol. The Kier molecular flexibility index (Phi) is 6.87. The van der Waals surface area contributed by atoms with Gasteiger partial charge < -0.3 is 19.2 Å². The smallest absolute Gasteiger partial charge is 0.355 e. The van der Waals surface area contributed by atoms with Gasteiger partial charge in [-0.05, 0) is 37.0 Å². The molecule has 29 heavy (non-hydrogen) atoms. The highest BCUT2D eigenvalue weighted by atomic mass is 28.4. The average Bonchev–Trinajstić information content (AvgIpc) is 2.86. The molecule has 1 amide bonds. The van der Waals surface area contributed by atoms with Gasteiger partial charge in [0.2, 0.25) is 5.91 Å². The maximum Gasteiger partial charge on any atom is 0.355 e. The Bertz CT molecular complexity index is 708. The van der Waals surface area contributed by atoms with Gasteiger partial charge in [-0.3, -0.25) is 4.79 Å². The summed E-state index contributed by atoms with van der Waals surface area (Å²) in [6, 6.07) is -0.190. The van der Waals surface area contributed by atoms with Crippen molar-refractivity contribution in [2.24, 2.45) is 11.8 Å². The molecule has 0 aromatic carbocycles. The predicted octanol–water partition coefficient (Wildman–Crippen LogP) is 3.63. The van der Waals surface area contributed by atoms with Crippen LogP contribution < -0.4 is 0 Å². The zero-order chi connectivity index (χ0) is 22.3. The number of esters is 1. The molecule has 1 unspecified atom stereocenters. The van der Waals surface area contributed by atoms with Crippen LogP contribution in [0.3, 0.4) is 0 Å². The molecule has 0 spiro atoms. The zero-order valence-corrected chi connectivity index (χ0v) is 20.1. The van der Waals surface area contributed by atoms with E-state index in [1.165, 1.54) is 11.0 Å². The lowest BCUT2D eigenvalue weighted by Gasteiger charge is -2.50. The summed E-state index contributed by atoms with van der Waals surface area (Å²) in [4.78, 5) is 27.4. The minimum atomic E-state index is -2.05. The van der Waals surface area contributed by atoms with Gasteiger partial charge in [0, 0.05) is 5.92 Å². The van der Waals surface area contributed by atoms with Crippen LogP contribution >= 0.6 is 0 Å². The maximum absolute atomic E-state index is 13.1. The molecule has 1 fully saturated rings. The van der Waals surface area contributed by atoms with E-state index in [1.807, 2.05) is 20.8 Å². The van der Waals surface area contributed by atoms with E-state index >= 15 is 0 Å². The normalized spacial score (nSPS) is 26.7. The summed E-state index contributed by atoms with van der Waals surface area (Å²) in [6.07, 6.45) is 0.913. The number of fused-ring (bicyclic) bond motifs is 1. The molecular formula is C22H37NO5Si. The number of nitrogens with zero attached hydrogens (tertiary/aromatic N) is 1. The minimum Gasteiger partial charge on any atom is -0.457 e. The second-order valence-corrected chi connectivity index (χ2v) is 14.5. The van der Waals surface area contributed by atoms with E-state index in [0.29, 0.717) is 12.0 Å². The number of rotatable bonds is 8. The van der Waals surface area contributed by atoms with E-state index in [2.05, 4.69) is 40.4 Å². The molecule has 164 valence electrons. The lowest BCUT2D eigenvalue weighted by atomic mass is 9.77. The van der Waals surface area contributed by atoms with E-state index < -0.39 is 20.4 Å². The number of hydrogen-bond acceptors (Lipinski definition) is 5. The molecule has 0 aliphatic carbocycles. The number of aliphatic hydroxyl groups excluding tert-OH is 1. The Morgan fingerprint density at radius 2 is 1.97 bits per heavy atom. The maximum atomic E-state index is 13.1. The van der Waals surface area contributed by atoms with Gasteiger partial charge in [0.05, 0.1) is 24.2 Å². The monoisotopic (exact) mass is 423 g/mol. The SMILES string of the molecule is C=CCOC(=O)C1=C([C@H](O)CC)[C@H](C)C2[C@@H]([C@@H](C)O[Si](C)(C)C(C)(C)C)C(=O)N12. The van der Waals surface area contributed by atoms with Crippen LogP contribution in [0.1, 0.15) is 48.0 Å². The molecule has 6 nitrogen and oxygen atoms in total. The summed E-state index contributed by atoms with van der Waals surface area (Å²) in [5.74, 6) is -1.17. The van der Waals surface area contributed by atoms with Crippen molar-refractivity contribution in [3.8, 4) is 0 Å². The van der Waals surface area contributed by atoms with Crippen molar-refractivity contribution in [1.82, 2.24) is 4.90 Å². The van der Waals surface area contributed by atoms with Crippen molar-refractivity contribution in [2.75, 3.05) is 6.61 Å². The van der Waals surface area contributed by atoms with Crippen LogP contribution in [-0.4, -0.2) is 55.1 Å². The van der Waals surface area contributed by atoms with Crippen LogP contribution in [0, 0.1) is 11.8 Å². The lowest BCUT2D eigenvalue weighted by Crippen LogP contribution is -2.65. The molecule has 2 rings (SSSR count). The van der Waals surface area contributed by atoms with Crippen LogP contribution in [-0.2, 0) is 18.8 Å². The van der Waals surface area contributed by atoms with Crippen molar-refractivity contribution < 1.29 is 23.9 Å². The molecule has 1 N–H and O–H groups in total. The van der Waals surface area contributed by atoms with E-state index in [0.717, 1.165) is 0 Å². The molecule has 2 heterocycles. The molecule has 0 aromatic heterocycles. The van der Waals surface area contributed by atoms with Gasteiger partial charge in [-0.1, -0.05) is 47.3 Å². The summed E-state index contributed by atoms with van der Waals surface area (Å²) in [5, 5.41) is 10.6.